The van der Waals surface area contributed by atoms with Gasteiger partial charge in [-0.25, -0.2) is 4.39 Å². The first-order valence-electron chi connectivity index (χ1n) is 10.6. The molecular formula is C25H23ClFN3O3. The summed E-state index contributed by atoms with van der Waals surface area (Å²) in [5.41, 5.74) is 1.74. The van der Waals surface area contributed by atoms with Crippen LogP contribution in [-0.2, 0) is 4.79 Å². The third kappa shape index (κ3) is 5.62. The molecule has 0 atom stereocenters. The van der Waals surface area contributed by atoms with E-state index >= 15 is 0 Å². The van der Waals surface area contributed by atoms with Crippen molar-refractivity contribution in [2.45, 2.75) is 0 Å². The van der Waals surface area contributed by atoms with Crippen LogP contribution >= 0.6 is 11.6 Å². The third-order valence-electron chi connectivity index (χ3n) is 5.38. The molecule has 0 saturated carbocycles. The van der Waals surface area contributed by atoms with Gasteiger partial charge in [-0.3, -0.25) is 9.59 Å². The molecule has 4 rings (SSSR count). The van der Waals surface area contributed by atoms with Crippen molar-refractivity contribution in [2.75, 3.05) is 43.0 Å². The number of piperazine rings is 1. The van der Waals surface area contributed by atoms with E-state index in [0.717, 1.165) is 5.69 Å². The number of hydrogen-bond donors (Lipinski definition) is 1. The van der Waals surface area contributed by atoms with Crippen molar-refractivity contribution in [3.8, 4) is 5.75 Å². The summed E-state index contributed by atoms with van der Waals surface area (Å²) in [6.07, 6.45) is 0. The van der Waals surface area contributed by atoms with Gasteiger partial charge in [0.25, 0.3) is 11.8 Å². The molecule has 0 unspecified atom stereocenters. The zero-order valence-corrected chi connectivity index (χ0v) is 18.6. The fourth-order valence-corrected chi connectivity index (χ4v) is 3.82. The first-order chi connectivity index (χ1) is 16.0. The largest absolute Gasteiger partial charge is 0.482 e. The maximum atomic E-state index is 13.9. The Morgan fingerprint density at radius 2 is 1.58 bits per heavy atom. The summed E-state index contributed by atoms with van der Waals surface area (Å²) >= 11 is 6.02. The van der Waals surface area contributed by atoms with E-state index in [0.29, 0.717) is 42.6 Å². The molecule has 170 valence electrons. The van der Waals surface area contributed by atoms with Gasteiger partial charge >= 0.3 is 0 Å². The van der Waals surface area contributed by atoms with Crippen LogP contribution < -0.4 is 15.0 Å². The van der Waals surface area contributed by atoms with Gasteiger partial charge in [0.2, 0.25) is 0 Å². The third-order valence-corrected chi connectivity index (χ3v) is 5.70. The van der Waals surface area contributed by atoms with Gasteiger partial charge in [-0.05, 0) is 48.5 Å². The van der Waals surface area contributed by atoms with Crippen molar-refractivity contribution in [1.29, 1.82) is 0 Å². The topological polar surface area (TPSA) is 61.9 Å². The van der Waals surface area contributed by atoms with Gasteiger partial charge in [-0.15, -0.1) is 0 Å². The number of anilines is 2. The molecule has 6 nitrogen and oxygen atoms in total. The van der Waals surface area contributed by atoms with E-state index in [1.165, 1.54) is 12.1 Å². The molecule has 0 aliphatic carbocycles. The first kappa shape index (κ1) is 22.6. The average Bonchev–Trinajstić information content (AvgIpc) is 2.84. The number of amides is 2. The van der Waals surface area contributed by atoms with Gasteiger partial charge in [-0.2, -0.15) is 0 Å². The minimum absolute atomic E-state index is 0.101. The van der Waals surface area contributed by atoms with Crippen molar-refractivity contribution >= 4 is 34.8 Å². The summed E-state index contributed by atoms with van der Waals surface area (Å²) in [5, 5.41) is 3.24. The summed E-state index contributed by atoms with van der Waals surface area (Å²) in [6.45, 7) is 2.13. The average molecular weight is 468 g/mol. The predicted octanol–water partition coefficient (Wildman–Crippen LogP) is 4.46. The Morgan fingerprint density at radius 3 is 2.27 bits per heavy atom. The Hall–Kier alpha value is -3.58. The molecule has 0 aromatic heterocycles. The predicted molar refractivity (Wildman–Crippen MR) is 127 cm³/mol. The van der Waals surface area contributed by atoms with Crippen molar-refractivity contribution in [3.63, 3.8) is 0 Å². The van der Waals surface area contributed by atoms with Crippen molar-refractivity contribution < 1.29 is 18.7 Å². The number of nitrogens with one attached hydrogen (secondary N) is 1. The van der Waals surface area contributed by atoms with Crippen LogP contribution in [0.2, 0.25) is 5.02 Å². The van der Waals surface area contributed by atoms with E-state index in [1.807, 2.05) is 24.3 Å². The number of carbonyl (C=O) groups is 2. The molecule has 33 heavy (non-hydrogen) atoms. The highest BCUT2D eigenvalue weighted by molar-refractivity contribution is 6.32. The summed E-state index contributed by atoms with van der Waals surface area (Å²) in [7, 11) is 0. The Bertz CT molecular complexity index is 1130. The molecule has 0 spiro atoms. The fraction of sp³-hybridized carbons (Fsp3) is 0.200. The molecule has 1 saturated heterocycles. The van der Waals surface area contributed by atoms with E-state index in [2.05, 4.69) is 10.2 Å². The highest BCUT2D eigenvalue weighted by Crippen LogP contribution is 2.23. The SMILES string of the molecule is O=C(COc1ccccc1Cl)Nc1ccc(N2CCN(C(=O)c3ccccc3F)CC2)cc1. The van der Waals surface area contributed by atoms with Gasteiger partial charge in [0.1, 0.15) is 11.6 Å². The molecular weight excluding hydrogens is 445 g/mol. The van der Waals surface area contributed by atoms with Gasteiger partial charge in [0.15, 0.2) is 6.61 Å². The van der Waals surface area contributed by atoms with Gasteiger partial charge in [0, 0.05) is 37.6 Å². The molecule has 1 heterocycles. The number of para-hydroxylation sites is 1. The number of nitrogens with zero attached hydrogens (tertiary/aromatic N) is 2. The van der Waals surface area contributed by atoms with Crippen LogP contribution in [0.5, 0.6) is 5.75 Å². The van der Waals surface area contributed by atoms with Crippen LogP contribution in [0.25, 0.3) is 0 Å². The lowest BCUT2D eigenvalue weighted by molar-refractivity contribution is -0.118. The van der Waals surface area contributed by atoms with Crippen LogP contribution in [0.4, 0.5) is 15.8 Å². The molecule has 1 aliphatic heterocycles. The van der Waals surface area contributed by atoms with Crippen LogP contribution in [0, 0.1) is 5.82 Å². The number of hydrogen-bond acceptors (Lipinski definition) is 4. The number of halogens is 2. The summed E-state index contributed by atoms with van der Waals surface area (Å²) in [4.78, 5) is 28.6. The Morgan fingerprint density at radius 1 is 0.909 bits per heavy atom. The Kier molecular flexibility index (Phi) is 7.10. The second kappa shape index (κ2) is 10.4. The van der Waals surface area contributed by atoms with Crippen LogP contribution in [0.1, 0.15) is 10.4 Å². The quantitative estimate of drug-likeness (QED) is 0.581. The molecule has 1 aliphatic rings. The smallest absolute Gasteiger partial charge is 0.262 e. The monoisotopic (exact) mass is 467 g/mol. The van der Waals surface area contributed by atoms with Gasteiger partial charge in [0.05, 0.1) is 10.6 Å². The highest BCUT2D eigenvalue weighted by Gasteiger charge is 2.24. The summed E-state index contributed by atoms with van der Waals surface area (Å²) in [5.74, 6) is -0.620. The standard InChI is InChI=1S/C25H23ClFN3O3/c26-21-6-2-4-8-23(21)33-17-24(31)28-18-9-11-19(12-10-18)29-13-15-30(16-14-29)25(32)20-5-1-3-7-22(20)27/h1-12H,13-17H2,(H,28,31). The maximum absolute atomic E-state index is 13.9. The summed E-state index contributed by atoms with van der Waals surface area (Å²) < 4.78 is 19.4. The van der Waals surface area contributed by atoms with Crippen molar-refractivity contribution in [1.82, 2.24) is 4.90 Å². The Balaban J connectivity index is 1.27. The van der Waals surface area contributed by atoms with E-state index in [-0.39, 0.29) is 24.0 Å². The number of ether oxygens (including phenoxy) is 1. The van der Waals surface area contributed by atoms with Crippen LogP contribution in [0.15, 0.2) is 72.8 Å². The minimum Gasteiger partial charge on any atom is -0.482 e. The number of carbonyl (C=O) groups excluding carboxylic acids is 2. The van der Waals surface area contributed by atoms with E-state index in [9.17, 15) is 14.0 Å². The normalized spacial score (nSPS) is 13.5. The lowest BCUT2D eigenvalue weighted by Crippen LogP contribution is -2.49. The molecule has 1 fully saturated rings. The minimum atomic E-state index is -0.500. The zero-order valence-electron chi connectivity index (χ0n) is 17.8. The molecule has 0 bridgehead atoms. The molecule has 2 amide bonds. The second-order valence-electron chi connectivity index (χ2n) is 7.57. The van der Waals surface area contributed by atoms with Crippen LogP contribution in [0.3, 0.4) is 0 Å². The Labute approximate surface area is 196 Å². The number of rotatable bonds is 6. The second-order valence-corrected chi connectivity index (χ2v) is 7.98. The van der Waals surface area contributed by atoms with E-state index in [1.54, 1.807) is 41.3 Å². The van der Waals surface area contributed by atoms with Crippen LogP contribution in [-0.4, -0.2) is 49.5 Å². The van der Waals surface area contributed by atoms with E-state index in [4.69, 9.17) is 16.3 Å². The lowest BCUT2D eigenvalue weighted by Gasteiger charge is -2.36. The molecule has 0 radical (unpaired) electrons. The maximum Gasteiger partial charge on any atom is 0.262 e. The van der Waals surface area contributed by atoms with Crippen molar-refractivity contribution in [3.05, 3.63) is 89.2 Å². The van der Waals surface area contributed by atoms with Gasteiger partial charge in [-0.1, -0.05) is 35.9 Å². The molecule has 8 heteroatoms. The summed E-state index contributed by atoms with van der Waals surface area (Å²) in [6, 6.07) is 20.5. The fourth-order valence-electron chi connectivity index (χ4n) is 3.63. The number of benzene rings is 3. The van der Waals surface area contributed by atoms with Crippen molar-refractivity contribution in [2.24, 2.45) is 0 Å². The highest BCUT2D eigenvalue weighted by atomic mass is 35.5. The molecule has 3 aromatic carbocycles. The van der Waals surface area contributed by atoms with E-state index < -0.39 is 5.82 Å². The zero-order chi connectivity index (χ0) is 23.2. The lowest BCUT2D eigenvalue weighted by atomic mass is 10.1. The van der Waals surface area contributed by atoms with Gasteiger partial charge < -0.3 is 19.9 Å². The molecule has 3 aromatic rings. The molecule has 1 N–H and O–H groups in total. The first-order valence-corrected chi connectivity index (χ1v) is 10.9.